The van der Waals surface area contributed by atoms with E-state index < -0.39 is 9.73 Å². The van der Waals surface area contributed by atoms with Crippen molar-refractivity contribution in [2.45, 2.75) is 78.2 Å². The summed E-state index contributed by atoms with van der Waals surface area (Å²) in [7, 11) is -1.82. The Bertz CT molecular complexity index is 381. The maximum atomic E-state index is 12.6. The van der Waals surface area contributed by atoms with E-state index in [0.29, 0.717) is 11.5 Å². The fraction of sp³-hybridized carbons (Fsp3) is 1.00. The zero-order chi connectivity index (χ0) is 13.9. The van der Waals surface area contributed by atoms with Crippen LogP contribution in [0.2, 0.25) is 0 Å². The van der Waals surface area contributed by atoms with Gasteiger partial charge in [0.05, 0.1) is 6.04 Å². The zero-order valence-electron chi connectivity index (χ0n) is 13.0. The molecule has 1 aliphatic heterocycles. The average molecular weight is 285 g/mol. The highest BCUT2D eigenvalue weighted by molar-refractivity contribution is 7.93. The molecule has 3 heteroatoms. The molecule has 1 heterocycles. The maximum absolute atomic E-state index is 12.6. The quantitative estimate of drug-likeness (QED) is 0.727. The van der Waals surface area contributed by atoms with Crippen molar-refractivity contribution in [1.29, 1.82) is 0 Å². The van der Waals surface area contributed by atoms with Gasteiger partial charge in [-0.25, -0.2) is 8.57 Å². The molecular formula is C16H31NOS. The first-order valence-electron chi connectivity index (χ1n) is 8.08. The van der Waals surface area contributed by atoms with Gasteiger partial charge in [0, 0.05) is 21.2 Å². The van der Waals surface area contributed by atoms with E-state index in [2.05, 4.69) is 20.8 Å². The Morgan fingerprint density at radius 3 is 2.11 bits per heavy atom. The van der Waals surface area contributed by atoms with E-state index in [1.54, 1.807) is 0 Å². The molecule has 2 nitrogen and oxygen atoms in total. The van der Waals surface area contributed by atoms with Crippen LogP contribution >= 0.6 is 0 Å². The fourth-order valence-electron chi connectivity index (χ4n) is 3.63. The Balaban J connectivity index is 1.86. The molecule has 19 heavy (non-hydrogen) atoms. The summed E-state index contributed by atoms with van der Waals surface area (Å²) in [5.74, 6) is 2.61. The maximum Gasteiger partial charge on any atom is 0.0594 e. The summed E-state index contributed by atoms with van der Waals surface area (Å²) in [6.45, 7) is 7.01. The number of hydrogen-bond acceptors (Lipinski definition) is 2. The summed E-state index contributed by atoms with van der Waals surface area (Å²) in [5.41, 5.74) is 0.447. The van der Waals surface area contributed by atoms with Crippen LogP contribution in [0.5, 0.6) is 0 Å². The van der Waals surface area contributed by atoms with E-state index in [-0.39, 0.29) is 0 Å². The Morgan fingerprint density at radius 2 is 1.58 bits per heavy atom. The van der Waals surface area contributed by atoms with Gasteiger partial charge in [-0.1, -0.05) is 27.2 Å². The predicted octanol–water partition coefficient (Wildman–Crippen LogP) is 4.63. The molecule has 0 radical (unpaired) electrons. The predicted molar refractivity (Wildman–Crippen MR) is 84.0 cm³/mol. The molecule has 2 rings (SSSR count). The molecule has 112 valence electrons. The van der Waals surface area contributed by atoms with Crippen molar-refractivity contribution in [1.82, 2.24) is 0 Å². The largest absolute Gasteiger partial charge is 0.250 e. The van der Waals surface area contributed by atoms with Crippen molar-refractivity contribution in [3.8, 4) is 0 Å². The minimum absolute atomic E-state index is 0.404. The van der Waals surface area contributed by atoms with Crippen molar-refractivity contribution in [2.24, 2.45) is 15.7 Å². The monoisotopic (exact) mass is 285 g/mol. The third-order valence-electron chi connectivity index (χ3n) is 4.49. The molecule has 0 spiro atoms. The topological polar surface area (TPSA) is 29.4 Å². The van der Waals surface area contributed by atoms with E-state index in [9.17, 15) is 4.21 Å². The van der Waals surface area contributed by atoms with Crippen LogP contribution in [0.4, 0.5) is 0 Å². The Morgan fingerprint density at radius 1 is 1.00 bits per heavy atom. The smallest absolute Gasteiger partial charge is 0.0594 e. The van der Waals surface area contributed by atoms with Crippen LogP contribution in [0.1, 0.15) is 72.1 Å². The van der Waals surface area contributed by atoms with Crippen molar-refractivity contribution in [3.05, 3.63) is 0 Å². The molecule has 1 saturated carbocycles. The van der Waals surface area contributed by atoms with E-state index in [1.165, 1.54) is 38.5 Å². The van der Waals surface area contributed by atoms with Crippen LogP contribution in [-0.2, 0) is 9.73 Å². The highest BCUT2D eigenvalue weighted by atomic mass is 32.2. The second-order valence-corrected chi connectivity index (χ2v) is 10.4. The van der Waals surface area contributed by atoms with Crippen LogP contribution in [0.15, 0.2) is 4.36 Å². The Kier molecular flexibility index (Phi) is 4.97. The first kappa shape index (κ1) is 15.3. The summed E-state index contributed by atoms with van der Waals surface area (Å²) < 4.78 is 17.4. The molecular weight excluding hydrogens is 254 g/mol. The van der Waals surface area contributed by atoms with Crippen LogP contribution in [0.3, 0.4) is 0 Å². The molecule has 0 unspecified atom stereocenters. The minimum Gasteiger partial charge on any atom is -0.250 e. The summed E-state index contributed by atoms with van der Waals surface area (Å²) in [6.07, 6.45) is 9.78. The molecule has 1 saturated heterocycles. The van der Waals surface area contributed by atoms with Crippen molar-refractivity contribution >= 4 is 9.73 Å². The van der Waals surface area contributed by atoms with E-state index >= 15 is 0 Å². The van der Waals surface area contributed by atoms with Crippen LogP contribution in [-0.4, -0.2) is 21.8 Å². The summed E-state index contributed by atoms with van der Waals surface area (Å²) in [5, 5.41) is 0. The lowest BCUT2D eigenvalue weighted by molar-refractivity contribution is 0.229. The van der Waals surface area contributed by atoms with Gasteiger partial charge in [-0.2, -0.15) is 0 Å². The van der Waals surface area contributed by atoms with Crippen LogP contribution in [0.25, 0.3) is 0 Å². The highest BCUT2D eigenvalue weighted by Crippen LogP contribution is 2.35. The molecule has 1 aliphatic carbocycles. The molecule has 0 aromatic rings. The first-order chi connectivity index (χ1) is 8.86. The highest BCUT2D eigenvalue weighted by Gasteiger charge is 2.26. The second kappa shape index (κ2) is 6.15. The molecule has 0 aromatic carbocycles. The van der Waals surface area contributed by atoms with Crippen LogP contribution in [0, 0.1) is 11.3 Å². The van der Waals surface area contributed by atoms with Gasteiger partial charge in [-0.3, -0.25) is 0 Å². The molecule has 2 fully saturated rings. The Labute approximate surface area is 119 Å². The lowest BCUT2D eigenvalue weighted by Crippen LogP contribution is -2.24. The normalized spacial score (nSPS) is 31.9. The third kappa shape index (κ3) is 5.09. The fourth-order valence-corrected chi connectivity index (χ4v) is 6.11. The first-order valence-corrected chi connectivity index (χ1v) is 9.93. The molecule has 2 aliphatic rings. The minimum atomic E-state index is -1.82. The number of hydrogen-bond donors (Lipinski definition) is 0. The summed E-state index contributed by atoms with van der Waals surface area (Å²) in [6, 6.07) is 0.404. The van der Waals surface area contributed by atoms with E-state index in [4.69, 9.17) is 4.36 Å². The van der Waals surface area contributed by atoms with E-state index in [1.807, 2.05) is 0 Å². The van der Waals surface area contributed by atoms with Crippen molar-refractivity contribution in [3.63, 3.8) is 0 Å². The van der Waals surface area contributed by atoms with Gasteiger partial charge in [-0.15, -0.1) is 0 Å². The molecule has 0 bridgehead atoms. The van der Waals surface area contributed by atoms with Crippen molar-refractivity contribution in [2.75, 3.05) is 11.5 Å². The summed E-state index contributed by atoms with van der Waals surface area (Å²) in [4.78, 5) is 0. The lowest BCUT2D eigenvalue weighted by Gasteiger charge is -2.31. The lowest BCUT2D eigenvalue weighted by atomic mass is 9.76. The zero-order valence-corrected chi connectivity index (χ0v) is 13.8. The molecule has 0 N–H and O–H groups in total. The SMILES string of the molecule is CC(C)(C)CC1CCC(N=S2(=O)CCCCC2)CC1. The molecule has 0 aromatic heterocycles. The summed E-state index contributed by atoms with van der Waals surface area (Å²) >= 11 is 0. The second-order valence-electron chi connectivity index (χ2n) is 7.79. The van der Waals surface area contributed by atoms with E-state index in [0.717, 1.165) is 30.3 Å². The van der Waals surface area contributed by atoms with Gasteiger partial charge in [-0.05, 0) is 56.3 Å². The van der Waals surface area contributed by atoms with Gasteiger partial charge in [0.2, 0.25) is 0 Å². The van der Waals surface area contributed by atoms with Gasteiger partial charge >= 0.3 is 0 Å². The molecule has 0 atom stereocenters. The van der Waals surface area contributed by atoms with Gasteiger partial charge in [0.1, 0.15) is 0 Å². The van der Waals surface area contributed by atoms with Gasteiger partial charge < -0.3 is 0 Å². The average Bonchev–Trinajstić information content (AvgIpc) is 2.30. The van der Waals surface area contributed by atoms with Gasteiger partial charge in [0.15, 0.2) is 0 Å². The van der Waals surface area contributed by atoms with Crippen LogP contribution < -0.4 is 0 Å². The van der Waals surface area contributed by atoms with Crippen molar-refractivity contribution < 1.29 is 4.21 Å². The number of rotatable bonds is 2. The Hall–Kier alpha value is -0.0500. The van der Waals surface area contributed by atoms with Gasteiger partial charge in [0.25, 0.3) is 0 Å². The molecule has 0 amide bonds. The number of nitrogens with zero attached hydrogens (tertiary/aromatic N) is 1. The standard InChI is InChI=1S/C16H31NOS/c1-16(2,3)13-14-7-9-15(10-8-14)17-19(18)11-5-4-6-12-19/h14-15H,4-13H2,1-3H3. The third-order valence-corrected chi connectivity index (χ3v) is 7.02.